The molecule has 1 saturated carbocycles. The molecule has 0 spiro atoms. The van der Waals surface area contributed by atoms with Crippen molar-refractivity contribution in [2.75, 3.05) is 13.1 Å². The summed E-state index contributed by atoms with van der Waals surface area (Å²) in [5.41, 5.74) is 1.36. The molecule has 2 aromatic rings. The Morgan fingerprint density at radius 1 is 1.26 bits per heavy atom. The molecule has 2 aliphatic rings. The highest BCUT2D eigenvalue weighted by atomic mass is 16.1. The number of amides is 1. The van der Waals surface area contributed by atoms with Gasteiger partial charge in [-0.25, -0.2) is 0 Å². The highest BCUT2D eigenvalue weighted by Gasteiger charge is 2.56. The number of aromatic nitrogens is 4. The predicted molar refractivity (Wildman–Crippen MR) is 83.1 cm³/mol. The normalized spacial score (nSPS) is 26.0. The van der Waals surface area contributed by atoms with E-state index in [9.17, 15) is 4.79 Å². The van der Waals surface area contributed by atoms with Crippen LogP contribution >= 0.6 is 0 Å². The van der Waals surface area contributed by atoms with Crippen LogP contribution in [-0.2, 0) is 17.8 Å². The number of likely N-dealkylation sites (tertiary alicyclic amines) is 1. The average Bonchev–Trinajstić information content (AvgIpc) is 2.99. The molecule has 7 nitrogen and oxygen atoms in total. The van der Waals surface area contributed by atoms with Crippen LogP contribution in [0.5, 0.6) is 0 Å². The lowest BCUT2D eigenvalue weighted by Crippen LogP contribution is -2.34. The first-order chi connectivity index (χ1) is 11.3. The second-order valence-electron chi connectivity index (χ2n) is 6.43. The molecule has 2 fully saturated rings. The number of piperidine rings is 1. The number of carbonyl (C=O) groups is 1. The molecule has 1 aromatic heterocycles. The molecule has 23 heavy (non-hydrogen) atoms. The van der Waals surface area contributed by atoms with Crippen molar-refractivity contribution in [1.82, 2.24) is 30.8 Å². The molecule has 1 aromatic carbocycles. The highest BCUT2D eigenvalue weighted by Crippen LogP contribution is 2.45. The van der Waals surface area contributed by atoms with Crippen molar-refractivity contribution in [3.05, 3.63) is 41.7 Å². The standard InChI is InChI=1S/C16H20N6O/c23-15(7-6-14-18-20-21-19-14)17-16-12-9-22(10-13(12)16)8-11-4-2-1-3-5-11/h1-5,12-13,16H,6-10H2,(H,17,23)(H,18,19,20,21)/t12-,13+,16?. The third-order valence-electron chi connectivity index (χ3n) is 4.81. The van der Waals surface area contributed by atoms with Crippen LogP contribution in [0.4, 0.5) is 0 Å². The number of rotatable bonds is 6. The molecular weight excluding hydrogens is 292 g/mol. The monoisotopic (exact) mass is 312 g/mol. The molecular formula is C16H20N6O. The molecule has 2 heterocycles. The summed E-state index contributed by atoms with van der Waals surface area (Å²) in [6.07, 6.45) is 0.952. The van der Waals surface area contributed by atoms with E-state index in [1.807, 2.05) is 6.07 Å². The summed E-state index contributed by atoms with van der Waals surface area (Å²) < 4.78 is 0. The topological polar surface area (TPSA) is 86.8 Å². The third kappa shape index (κ3) is 3.24. The fourth-order valence-electron chi connectivity index (χ4n) is 3.57. The van der Waals surface area contributed by atoms with Crippen LogP contribution in [0.25, 0.3) is 0 Å². The first-order valence-corrected chi connectivity index (χ1v) is 8.07. The molecule has 1 aliphatic carbocycles. The maximum absolute atomic E-state index is 12.0. The van der Waals surface area contributed by atoms with Crippen LogP contribution in [-0.4, -0.2) is 50.6 Å². The Labute approximate surface area is 134 Å². The highest BCUT2D eigenvalue weighted by molar-refractivity contribution is 5.77. The zero-order valence-corrected chi connectivity index (χ0v) is 12.9. The van der Waals surface area contributed by atoms with Crippen molar-refractivity contribution in [1.29, 1.82) is 0 Å². The maximum atomic E-state index is 12.0. The molecule has 0 bridgehead atoms. The summed E-state index contributed by atoms with van der Waals surface area (Å²) in [7, 11) is 0. The molecule has 1 aliphatic heterocycles. The third-order valence-corrected chi connectivity index (χ3v) is 4.81. The Kier molecular flexibility index (Phi) is 3.78. The lowest BCUT2D eigenvalue weighted by molar-refractivity contribution is -0.121. The number of fused-ring (bicyclic) bond motifs is 1. The van der Waals surface area contributed by atoms with Gasteiger partial charge in [0.05, 0.1) is 0 Å². The van der Waals surface area contributed by atoms with Gasteiger partial charge < -0.3 is 5.32 Å². The number of benzene rings is 1. The van der Waals surface area contributed by atoms with Gasteiger partial charge in [0, 0.05) is 38.5 Å². The van der Waals surface area contributed by atoms with Gasteiger partial charge in [-0.2, -0.15) is 5.21 Å². The minimum Gasteiger partial charge on any atom is -0.353 e. The molecule has 2 N–H and O–H groups in total. The zero-order valence-electron chi connectivity index (χ0n) is 12.9. The minimum absolute atomic E-state index is 0.0869. The number of aromatic amines is 1. The Morgan fingerprint density at radius 3 is 2.74 bits per heavy atom. The van der Waals surface area contributed by atoms with Crippen LogP contribution in [0.1, 0.15) is 17.8 Å². The van der Waals surface area contributed by atoms with Gasteiger partial charge in [0.1, 0.15) is 0 Å². The predicted octanol–water partition coefficient (Wildman–Crippen LogP) is 0.379. The van der Waals surface area contributed by atoms with Crippen LogP contribution in [0.15, 0.2) is 30.3 Å². The number of carbonyl (C=O) groups excluding carboxylic acids is 1. The number of hydrogen-bond donors (Lipinski definition) is 2. The van der Waals surface area contributed by atoms with Gasteiger partial charge in [-0.3, -0.25) is 9.69 Å². The van der Waals surface area contributed by atoms with E-state index < -0.39 is 0 Å². The van der Waals surface area contributed by atoms with E-state index in [1.165, 1.54) is 5.56 Å². The average molecular weight is 312 g/mol. The molecule has 7 heteroatoms. The van der Waals surface area contributed by atoms with Gasteiger partial charge in [0.2, 0.25) is 5.91 Å². The first-order valence-electron chi connectivity index (χ1n) is 8.07. The Balaban J connectivity index is 1.19. The molecule has 1 unspecified atom stereocenters. The van der Waals surface area contributed by atoms with Gasteiger partial charge in [0.25, 0.3) is 0 Å². The first kappa shape index (κ1) is 14.3. The van der Waals surface area contributed by atoms with E-state index in [2.05, 4.69) is 55.1 Å². The Bertz CT molecular complexity index is 646. The largest absolute Gasteiger partial charge is 0.353 e. The molecule has 4 rings (SSSR count). The SMILES string of the molecule is O=C(CCc1nn[nH]n1)NC1[C@H]2CN(Cc3ccccc3)C[C@@H]12. The summed E-state index contributed by atoms with van der Waals surface area (Å²) in [5, 5.41) is 16.7. The van der Waals surface area contributed by atoms with Crippen molar-refractivity contribution in [3.8, 4) is 0 Å². The van der Waals surface area contributed by atoms with E-state index >= 15 is 0 Å². The van der Waals surface area contributed by atoms with Crippen LogP contribution in [0.2, 0.25) is 0 Å². The van der Waals surface area contributed by atoms with Crippen LogP contribution < -0.4 is 5.32 Å². The summed E-state index contributed by atoms with van der Waals surface area (Å²) in [6, 6.07) is 10.9. The second kappa shape index (κ2) is 6.08. The fraction of sp³-hybridized carbons (Fsp3) is 0.500. The van der Waals surface area contributed by atoms with E-state index in [0.29, 0.717) is 36.5 Å². The van der Waals surface area contributed by atoms with Crippen LogP contribution in [0.3, 0.4) is 0 Å². The zero-order chi connectivity index (χ0) is 15.6. The van der Waals surface area contributed by atoms with Crippen molar-refractivity contribution < 1.29 is 4.79 Å². The van der Waals surface area contributed by atoms with Gasteiger partial charge in [0.15, 0.2) is 5.82 Å². The number of nitrogens with zero attached hydrogens (tertiary/aromatic N) is 4. The van der Waals surface area contributed by atoms with Gasteiger partial charge in [-0.15, -0.1) is 10.2 Å². The van der Waals surface area contributed by atoms with Gasteiger partial charge in [-0.1, -0.05) is 35.5 Å². The molecule has 3 atom stereocenters. The lowest BCUT2D eigenvalue weighted by Gasteiger charge is -2.19. The van der Waals surface area contributed by atoms with Crippen molar-refractivity contribution in [2.24, 2.45) is 11.8 Å². The molecule has 120 valence electrons. The van der Waals surface area contributed by atoms with E-state index in [0.717, 1.165) is 19.6 Å². The Morgan fingerprint density at radius 2 is 2.04 bits per heavy atom. The molecule has 1 saturated heterocycles. The summed E-state index contributed by atoms with van der Waals surface area (Å²) in [5.74, 6) is 1.91. The number of H-pyrrole nitrogens is 1. The van der Waals surface area contributed by atoms with Crippen LogP contribution in [0, 0.1) is 11.8 Å². The quantitative estimate of drug-likeness (QED) is 0.805. The van der Waals surface area contributed by atoms with E-state index in [4.69, 9.17) is 0 Å². The maximum Gasteiger partial charge on any atom is 0.220 e. The number of aryl methyl sites for hydroxylation is 1. The second-order valence-corrected chi connectivity index (χ2v) is 6.43. The summed E-state index contributed by atoms with van der Waals surface area (Å²) >= 11 is 0. The molecule has 1 amide bonds. The van der Waals surface area contributed by atoms with Gasteiger partial charge >= 0.3 is 0 Å². The number of nitrogens with one attached hydrogen (secondary N) is 2. The van der Waals surface area contributed by atoms with Crippen molar-refractivity contribution >= 4 is 5.91 Å². The number of tetrazole rings is 1. The lowest BCUT2D eigenvalue weighted by atomic mass is 10.2. The van der Waals surface area contributed by atoms with E-state index in [1.54, 1.807) is 0 Å². The van der Waals surface area contributed by atoms with Crippen molar-refractivity contribution in [3.63, 3.8) is 0 Å². The minimum atomic E-state index is 0.0869. The smallest absolute Gasteiger partial charge is 0.220 e. The van der Waals surface area contributed by atoms with E-state index in [-0.39, 0.29) is 5.91 Å². The Hall–Kier alpha value is -2.28. The fourth-order valence-corrected chi connectivity index (χ4v) is 3.57. The summed E-state index contributed by atoms with van der Waals surface area (Å²) in [6.45, 7) is 3.16. The van der Waals surface area contributed by atoms with Gasteiger partial charge in [-0.05, 0) is 17.4 Å². The number of hydrogen-bond acceptors (Lipinski definition) is 5. The summed E-state index contributed by atoms with van der Waals surface area (Å²) in [4.78, 5) is 14.5. The molecule has 0 radical (unpaired) electrons. The van der Waals surface area contributed by atoms with Crippen molar-refractivity contribution in [2.45, 2.75) is 25.4 Å².